The molecule has 9 heteroatoms. The number of rotatable bonds is 8. The first kappa shape index (κ1) is 21.5. The third-order valence-electron chi connectivity index (χ3n) is 4.87. The second-order valence-electron chi connectivity index (χ2n) is 7.23. The predicted octanol–water partition coefficient (Wildman–Crippen LogP) is 3.95. The highest BCUT2D eigenvalue weighted by Crippen LogP contribution is 2.33. The fraction of sp³-hybridized carbons (Fsp3) is 0.182. The summed E-state index contributed by atoms with van der Waals surface area (Å²) in [6.45, 7) is 0.173. The fourth-order valence-corrected chi connectivity index (χ4v) is 5.73. The van der Waals surface area contributed by atoms with Gasteiger partial charge in [0.15, 0.2) is 0 Å². The van der Waals surface area contributed by atoms with Crippen molar-refractivity contribution in [2.45, 2.75) is 35.2 Å². The Morgan fingerprint density at radius 1 is 0.806 bits per heavy atom. The van der Waals surface area contributed by atoms with Gasteiger partial charge in [0, 0.05) is 12.6 Å². The van der Waals surface area contributed by atoms with Crippen LogP contribution in [-0.2, 0) is 26.7 Å². The van der Waals surface area contributed by atoms with Crippen molar-refractivity contribution in [2.24, 2.45) is 0 Å². The quantitative estimate of drug-likeness (QED) is 0.475. The summed E-state index contributed by atoms with van der Waals surface area (Å²) in [5.41, 5.74) is 0.706. The summed E-state index contributed by atoms with van der Waals surface area (Å²) in [5, 5.41) is 0. The second kappa shape index (κ2) is 8.41. The van der Waals surface area contributed by atoms with E-state index in [1.54, 1.807) is 42.5 Å². The Morgan fingerprint density at radius 3 is 2.00 bits per heavy atom. The highest BCUT2D eigenvalue weighted by atomic mass is 32.2. The van der Waals surface area contributed by atoms with Crippen molar-refractivity contribution in [2.75, 3.05) is 0 Å². The molecule has 0 saturated heterocycles. The second-order valence-corrected chi connectivity index (χ2v) is 10.7. The van der Waals surface area contributed by atoms with E-state index in [1.165, 1.54) is 16.4 Å². The summed E-state index contributed by atoms with van der Waals surface area (Å²) in [6, 6.07) is 18.8. The lowest BCUT2D eigenvalue weighted by Crippen LogP contribution is -2.32. The van der Waals surface area contributed by atoms with E-state index in [0.717, 1.165) is 37.1 Å². The van der Waals surface area contributed by atoms with E-state index in [1.807, 2.05) is 0 Å². The minimum absolute atomic E-state index is 0.0417. The van der Waals surface area contributed by atoms with Crippen LogP contribution >= 0.6 is 0 Å². The zero-order chi connectivity index (χ0) is 22.1. The van der Waals surface area contributed by atoms with Crippen LogP contribution in [0.25, 0.3) is 0 Å². The summed E-state index contributed by atoms with van der Waals surface area (Å²) >= 11 is 0. The third kappa shape index (κ3) is 4.95. The lowest BCUT2D eigenvalue weighted by atomic mass is 10.2. The van der Waals surface area contributed by atoms with Gasteiger partial charge in [0.25, 0.3) is 0 Å². The molecule has 0 bridgehead atoms. The Morgan fingerprint density at radius 2 is 1.42 bits per heavy atom. The van der Waals surface area contributed by atoms with E-state index < -0.39 is 26.0 Å². The number of sulfonamides is 1. The molecular formula is C22H20FNO5S2. The van der Waals surface area contributed by atoms with Gasteiger partial charge in [-0.3, -0.25) is 0 Å². The van der Waals surface area contributed by atoms with Crippen LogP contribution in [0.4, 0.5) is 4.39 Å². The molecule has 31 heavy (non-hydrogen) atoms. The van der Waals surface area contributed by atoms with Crippen LogP contribution in [0, 0.1) is 5.82 Å². The number of nitrogens with zero attached hydrogens (tertiary/aromatic N) is 1. The van der Waals surface area contributed by atoms with Crippen LogP contribution in [0.15, 0.2) is 88.7 Å². The molecule has 6 nitrogen and oxygen atoms in total. The summed E-state index contributed by atoms with van der Waals surface area (Å²) in [5.74, 6) is -0.467. The van der Waals surface area contributed by atoms with Gasteiger partial charge in [-0.05, 0) is 66.9 Å². The Kier molecular flexibility index (Phi) is 5.83. The molecule has 1 fully saturated rings. The monoisotopic (exact) mass is 461 g/mol. The van der Waals surface area contributed by atoms with Crippen molar-refractivity contribution in [3.63, 3.8) is 0 Å². The van der Waals surface area contributed by atoms with Gasteiger partial charge in [0.1, 0.15) is 16.5 Å². The first-order valence-corrected chi connectivity index (χ1v) is 12.5. The molecule has 4 rings (SSSR count). The van der Waals surface area contributed by atoms with Crippen LogP contribution in [0.5, 0.6) is 5.75 Å². The van der Waals surface area contributed by atoms with Crippen molar-refractivity contribution in [3.8, 4) is 5.75 Å². The maximum absolute atomic E-state index is 13.0. The molecule has 0 radical (unpaired) electrons. The van der Waals surface area contributed by atoms with Gasteiger partial charge in [0.2, 0.25) is 10.0 Å². The van der Waals surface area contributed by atoms with Crippen molar-refractivity contribution in [1.82, 2.24) is 4.31 Å². The SMILES string of the molecule is O=S(=O)(Oc1ccc(CN(C2CC2)S(=O)(=O)c2ccccc2)cc1)c1ccc(F)cc1. The molecule has 0 atom stereocenters. The summed E-state index contributed by atoms with van der Waals surface area (Å²) in [7, 11) is -7.74. The normalized spacial score (nSPS) is 14.5. The minimum Gasteiger partial charge on any atom is -0.379 e. The maximum atomic E-state index is 13.0. The summed E-state index contributed by atoms with van der Waals surface area (Å²) in [6.07, 6.45) is 1.62. The summed E-state index contributed by atoms with van der Waals surface area (Å²) < 4.78 is 70.4. The van der Waals surface area contributed by atoms with Crippen LogP contribution in [0.1, 0.15) is 18.4 Å². The van der Waals surface area contributed by atoms with Gasteiger partial charge in [0.05, 0.1) is 4.90 Å². The molecule has 0 unspecified atom stereocenters. The van der Waals surface area contributed by atoms with Gasteiger partial charge >= 0.3 is 10.1 Å². The Labute approximate surface area is 181 Å². The summed E-state index contributed by atoms with van der Waals surface area (Å²) in [4.78, 5) is 0.0825. The molecule has 1 saturated carbocycles. The van der Waals surface area contributed by atoms with Crippen LogP contribution in [-0.4, -0.2) is 27.2 Å². The van der Waals surface area contributed by atoms with Crippen molar-refractivity contribution < 1.29 is 25.4 Å². The lowest BCUT2D eigenvalue weighted by molar-refractivity contribution is 0.398. The number of hydrogen-bond acceptors (Lipinski definition) is 5. The highest BCUT2D eigenvalue weighted by Gasteiger charge is 2.38. The minimum atomic E-state index is -4.10. The maximum Gasteiger partial charge on any atom is 0.339 e. The largest absolute Gasteiger partial charge is 0.379 e. The van der Waals surface area contributed by atoms with Gasteiger partial charge in [-0.2, -0.15) is 12.7 Å². The molecule has 3 aromatic rings. The topological polar surface area (TPSA) is 80.8 Å². The zero-order valence-electron chi connectivity index (χ0n) is 16.4. The first-order chi connectivity index (χ1) is 14.8. The average molecular weight is 462 g/mol. The molecule has 0 heterocycles. The molecule has 3 aromatic carbocycles. The Balaban J connectivity index is 1.50. The molecule has 1 aliphatic carbocycles. The van der Waals surface area contributed by atoms with Crippen molar-refractivity contribution >= 4 is 20.1 Å². The van der Waals surface area contributed by atoms with E-state index in [0.29, 0.717) is 5.56 Å². The first-order valence-electron chi connectivity index (χ1n) is 9.62. The molecule has 0 aromatic heterocycles. The molecule has 0 spiro atoms. The Hall–Kier alpha value is -2.75. The van der Waals surface area contributed by atoms with Crippen LogP contribution in [0.3, 0.4) is 0 Å². The molecule has 0 amide bonds. The number of benzene rings is 3. The van der Waals surface area contributed by atoms with Gasteiger partial charge < -0.3 is 4.18 Å². The molecular weight excluding hydrogens is 441 g/mol. The van der Waals surface area contributed by atoms with Crippen molar-refractivity contribution in [1.29, 1.82) is 0 Å². The molecule has 1 aliphatic rings. The van der Waals surface area contributed by atoms with E-state index in [2.05, 4.69) is 0 Å². The van der Waals surface area contributed by atoms with E-state index in [-0.39, 0.29) is 28.1 Å². The van der Waals surface area contributed by atoms with Gasteiger partial charge in [-0.15, -0.1) is 0 Å². The predicted molar refractivity (Wildman–Crippen MR) is 113 cm³/mol. The van der Waals surface area contributed by atoms with Crippen LogP contribution in [0.2, 0.25) is 0 Å². The number of halogens is 1. The smallest absolute Gasteiger partial charge is 0.339 e. The molecule has 0 aliphatic heterocycles. The average Bonchev–Trinajstić information content (AvgIpc) is 3.59. The highest BCUT2D eigenvalue weighted by molar-refractivity contribution is 7.89. The van der Waals surface area contributed by atoms with Crippen LogP contribution < -0.4 is 4.18 Å². The standard InChI is InChI=1S/C22H20FNO5S2/c23-18-8-14-22(15-9-18)31(27,28)29-20-12-6-17(7-13-20)16-24(19-10-11-19)30(25,26)21-4-2-1-3-5-21/h1-9,12-15,19H,10-11,16H2. The van der Waals surface area contributed by atoms with E-state index in [4.69, 9.17) is 4.18 Å². The lowest BCUT2D eigenvalue weighted by Gasteiger charge is -2.22. The Bertz CT molecular complexity index is 1260. The zero-order valence-corrected chi connectivity index (χ0v) is 18.0. The fourth-order valence-electron chi connectivity index (χ4n) is 3.11. The van der Waals surface area contributed by atoms with E-state index >= 15 is 0 Å². The van der Waals surface area contributed by atoms with E-state index in [9.17, 15) is 21.2 Å². The molecule has 0 N–H and O–H groups in total. The molecule has 162 valence electrons. The van der Waals surface area contributed by atoms with Gasteiger partial charge in [-0.25, -0.2) is 12.8 Å². The number of hydrogen-bond donors (Lipinski definition) is 0. The third-order valence-corrected chi connectivity index (χ3v) is 8.05. The van der Waals surface area contributed by atoms with Crippen molar-refractivity contribution in [3.05, 3.63) is 90.2 Å². The van der Waals surface area contributed by atoms with Gasteiger partial charge in [-0.1, -0.05) is 30.3 Å².